The first-order chi connectivity index (χ1) is 14.8. The first kappa shape index (κ1) is 21.2. The van der Waals surface area contributed by atoms with Crippen LogP contribution >= 0.6 is 0 Å². The van der Waals surface area contributed by atoms with Crippen molar-refractivity contribution < 1.29 is 19.1 Å². The predicted molar refractivity (Wildman–Crippen MR) is 120 cm³/mol. The van der Waals surface area contributed by atoms with E-state index in [0.29, 0.717) is 19.4 Å². The normalized spacial score (nSPS) is 20.5. The monoisotopic (exact) mass is 419 g/mol. The average Bonchev–Trinajstić information content (AvgIpc) is 2.73. The topological polar surface area (TPSA) is 55.8 Å². The summed E-state index contributed by atoms with van der Waals surface area (Å²) in [6, 6.07) is 15.2. The molecule has 0 N–H and O–H groups in total. The molecule has 0 spiro atoms. The minimum absolute atomic E-state index is 0.00769. The molecule has 2 aromatic carbocycles. The Kier molecular flexibility index (Phi) is 5.61. The SMILES string of the molecule is CCOc1ccc(C2CC(=O)N(c3ccc(OC)cc3)C3=C2C(=O)CC(C)(C)C3)cc1. The fourth-order valence-corrected chi connectivity index (χ4v) is 4.69. The first-order valence-electron chi connectivity index (χ1n) is 10.8. The van der Waals surface area contributed by atoms with Crippen molar-refractivity contribution >= 4 is 17.4 Å². The van der Waals surface area contributed by atoms with E-state index in [1.54, 1.807) is 12.0 Å². The smallest absolute Gasteiger partial charge is 0.232 e. The second kappa shape index (κ2) is 8.22. The molecule has 1 aliphatic carbocycles. The van der Waals surface area contributed by atoms with E-state index in [1.807, 2.05) is 55.5 Å². The largest absolute Gasteiger partial charge is 0.497 e. The Bertz CT molecular complexity index is 1020. The van der Waals surface area contributed by atoms with Crippen LogP contribution in [0.25, 0.3) is 0 Å². The van der Waals surface area contributed by atoms with Gasteiger partial charge in [0.05, 0.1) is 13.7 Å². The maximum absolute atomic E-state index is 13.4. The van der Waals surface area contributed by atoms with Crippen molar-refractivity contribution in [3.8, 4) is 11.5 Å². The van der Waals surface area contributed by atoms with E-state index in [0.717, 1.165) is 34.0 Å². The summed E-state index contributed by atoms with van der Waals surface area (Å²) in [6.45, 7) is 6.72. The van der Waals surface area contributed by atoms with E-state index >= 15 is 0 Å². The van der Waals surface area contributed by atoms with E-state index in [1.165, 1.54) is 0 Å². The number of carbonyl (C=O) groups is 2. The van der Waals surface area contributed by atoms with Crippen LogP contribution in [0.5, 0.6) is 11.5 Å². The number of rotatable bonds is 5. The van der Waals surface area contributed by atoms with Crippen molar-refractivity contribution in [1.29, 1.82) is 0 Å². The van der Waals surface area contributed by atoms with Crippen LogP contribution < -0.4 is 14.4 Å². The van der Waals surface area contributed by atoms with Crippen LogP contribution in [0.3, 0.4) is 0 Å². The molecule has 0 saturated carbocycles. The highest BCUT2D eigenvalue weighted by Crippen LogP contribution is 2.48. The molecule has 0 bridgehead atoms. The molecule has 0 fully saturated rings. The van der Waals surface area contributed by atoms with E-state index < -0.39 is 0 Å². The number of ketones is 1. The van der Waals surface area contributed by atoms with Crippen LogP contribution in [0.2, 0.25) is 0 Å². The minimum atomic E-state index is -0.226. The lowest BCUT2D eigenvalue weighted by Crippen LogP contribution is -2.43. The standard InChI is InChI=1S/C26H29NO4/c1-5-31-20-10-6-17(7-11-20)21-14-24(29)27(18-8-12-19(30-4)13-9-18)22-15-26(2,3)16-23(28)25(21)22/h6-13,21H,5,14-16H2,1-4H3. The van der Waals surface area contributed by atoms with Gasteiger partial charge in [-0.3, -0.25) is 14.5 Å². The molecule has 5 nitrogen and oxygen atoms in total. The molecule has 1 aliphatic heterocycles. The van der Waals surface area contributed by atoms with Crippen molar-refractivity contribution in [2.24, 2.45) is 5.41 Å². The van der Waals surface area contributed by atoms with Crippen molar-refractivity contribution in [2.45, 2.75) is 46.0 Å². The third-order valence-electron chi connectivity index (χ3n) is 6.07. The summed E-state index contributed by atoms with van der Waals surface area (Å²) in [7, 11) is 1.62. The lowest BCUT2D eigenvalue weighted by Gasteiger charge is -2.43. The average molecular weight is 420 g/mol. The van der Waals surface area contributed by atoms with Crippen LogP contribution in [-0.2, 0) is 9.59 Å². The van der Waals surface area contributed by atoms with Gasteiger partial charge in [0, 0.05) is 35.7 Å². The van der Waals surface area contributed by atoms with Crippen LogP contribution in [-0.4, -0.2) is 25.4 Å². The van der Waals surface area contributed by atoms with Gasteiger partial charge < -0.3 is 9.47 Å². The highest BCUT2D eigenvalue weighted by atomic mass is 16.5. The predicted octanol–water partition coefficient (Wildman–Crippen LogP) is 5.26. The van der Waals surface area contributed by atoms with Crippen LogP contribution in [0, 0.1) is 5.41 Å². The molecule has 1 amide bonds. The van der Waals surface area contributed by atoms with Crippen LogP contribution in [0.4, 0.5) is 5.69 Å². The van der Waals surface area contributed by atoms with Gasteiger partial charge in [0.25, 0.3) is 0 Å². The van der Waals surface area contributed by atoms with Gasteiger partial charge in [-0.15, -0.1) is 0 Å². The molecule has 2 aliphatic rings. The molecular formula is C26H29NO4. The molecule has 162 valence electrons. The Hall–Kier alpha value is -3.08. The van der Waals surface area contributed by atoms with E-state index in [9.17, 15) is 9.59 Å². The summed E-state index contributed by atoms with van der Waals surface area (Å²) < 4.78 is 10.8. The Balaban J connectivity index is 1.80. The zero-order valence-electron chi connectivity index (χ0n) is 18.6. The van der Waals surface area contributed by atoms with Gasteiger partial charge in [0.15, 0.2) is 5.78 Å². The van der Waals surface area contributed by atoms with E-state index in [-0.39, 0.29) is 29.4 Å². The van der Waals surface area contributed by atoms with Crippen LogP contribution in [0.15, 0.2) is 59.8 Å². The number of nitrogens with zero attached hydrogens (tertiary/aromatic N) is 1. The molecule has 1 atom stereocenters. The number of anilines is 1. The zero-order chi connectivity index (χ0) is 22.2. The Morgan fingerprint density at radius 2 is 1.61 bits per heavy atom. The van der Waals surface area contributed by atoms with Gasteiger partial charge in [-0.25, -0.2) is 0 Å². The second-order valence-electron chi connectivity index (χ2n) is 8.99. The van der Waals surface area contributed by atoms with Crippen molar-refractivity contribution in [1.82, 2.24) is 0 Å². The molecule has 0 radical (unpaired) electrons. The third kappa shape index (κ3) is 4.09. The maximum atomic E-state index is 13.4. The molecule has 0 saturated heterocycles. The number of allylic oxidation sites excluding steroid dienone is 2. The van der Waals surface area contributed by atoms with Gasteiger partial charge in [-0.2, -0.15) is 0 Å². The van der Waals surface area contributed by atoms with Gasteiger partial charge in [-0.05, 0) is 60.7 Å². The summed E-state index contributed by atoms with van der Waals surface area (Å²) in [4.78, 5) is 28.5. The maximum Gasteiger partial charge on any atom is 0.232 e. The van der Waals surface area contributed by atoms with E-state index in [2.05, 4.69) is 13.8 Å². The number of ether oxygens (including phenoxy) is 2. The molecule has 1 unspecified atom stereocenters. The quantitative estimate of drug-likeness (QED) is 0.664. The molecule has 5 heteroatoms. The van der Waals surface area contributed by atoms with Gasteiger partial charge >= 0.3 is 0 Å². The number of hydrogen-bond acceptors (Lipinski definition) is 4. The Labute approximate surface area is 183 Å². The Morgan fingerprint density at radius 1 is 0.968 bits per heavy atom. The summed E-state index contributed by atoms with van der Waals surface area (Å²) >= 11 is 0. The first-order valence-corrected chi connectivity index (χ1v) is 10.8. The molecular weight excluding hydrogens is 390 g/mol. The molecule has 0 aromatic heterocycles. The number of hydrogen-bond donors (Lipinski definition) is 0. The van der Waals surface area contributed by atoms with Crippen molar-refractivity contribution in [3.63, 3.8) is 0 Å². The fourth-order valence-electron chi connectivity index (χ4n) is 4.69. The lowest BCUT2D eigenvalue weighted by molar-refractivity contribution is -0.121. The van der Waals surface area contributed by atoms with Crippen molar-refractivity contribution in [2.75, 3.05) is 18.6 Å². The summed E-state index contributed by atoms with van der Waals surface area (Å²) in [6.07, 6.45) is 1.44. The van der Waals surface area contributed by atoms with E-state index in [4.69, 9.17) is 9.47 Å². The molecule has 4 rings (SSSR count). The lowest BCUT2D eigenvalue weighted by atomic mass is 9.69. The number of methoxy groups -OCH3 is 1. The highest BCUT2D eigenvalue weighted by Gasteiger charge is 2.44. The minimum Gasteiger partial charge on any atom is -0.497 e. The molecule has 31 heavy (non-hydrogen) atoms. The van der Waals surface area contributed by atoms with Gasteiger partial charge in [0.2, 0.25) is 5.91 Å². The number of amides is 1. The summed E-state index contributed by atoms with van der Waals surface area (Å²) in [5, 5.41) is 0. The third-order valence-corrected chi connectivity index (χ3v) is 6.07. The molecule has 1 heterocycles. The zero-order valence-corrected chi connectivity index (χ0v) is 18.6. The van der Waals surface area contributed by atoms with Gasteiger partial charge in [0.1, 0.15) is 11.5 Å². The second-order valence-corrected chi connectivity index (χ2v) is 8.99. The summed E-state index contributed by atoms with van der Waals surface area (Å²) in [5.74, 6) is 1.44. The van der Waals surface area contributed by atoms with Crippen LogP contribution in [0.1, 0.15) is 51.5 Å². The molecule has 2 aromatic rings. The number of carbonyl (C=O) groups excluding carboxylic acids is 2. The summed E-state index contributed by atoms with van der Waals surface area (Å²) in [5.41, 5.74) is 3.17. The number of benzene rings is 2. The number of Topliss-reactive ketones (excluding diaryl/α,β-unsaturated/α-hetero) is 1. The Morgan fingerprint density at radius 3 is 2.23 bits per heavy atom. The van der Waals surface area contributed by atoms with Crippen molar-refractivity contribution in [3.05, 3.63) is 65.4 Å². The van der Waals surface area contributed by atoms with Gasteiger partial charge in [-0.1, -0.05) is 26.0 Å². The fraction of sp³-hybridized carbons (Fsp3) is 0.385. The highest BCUT2D eigenvalue weighted by molar-refractivity contribution is 6.07.